The molecule has 1 aromatic carbocycles. The van der Waals surface area contributed by atoms with Gasteiger partial charge in [0.1, 0.15) is 11.9 Å². The summed E-state index contributed by atoms with van der Waals surface area (Å²) in [5, 5.41) is 3.50. The first kappa shape index (κ1) is 13.4. The topological polar surface area (TPSA) is 41.6 Å². The number of nitrogens with zero attached hydrogens (tertiary/aromatic N) is 1. The Hall–Kier alpha value is -1.55. The molecule has 3 rings (SSSR count). The van der Waals surface area contributed by atoms with Gasteiger partial charge in [0.25, 0.3) is 0 Å². The van der Waals surface area contributed by atoms with Crippen LogP contribution in [0.25, 0.3) is 0 Å². The molecule has 1 heterocycles. The normalized spacial score (nSPS) is 26.4. The van der Waals surface area contributed by atoms with Crippen molar-refractivity contribution in [2.45, 2.75) is 44.9 Å². The quantitative estimate of drug-likeness (QED) is 0.916. The van der Waals surface area contributed by atoms with Gasteiger partial charge in [0.05, 0.1) is 13.2 Å². The molecule has 2 fully saturated rings. The summed E-state index contributed by atoms with van der Waals surface area (Å²) in [5.74, 6) is 1.41. The van der Waals surface area contributed by atoms with Gasteiger partial charge in [-0.1, -0.05) is 26.0 Å². The van der Waals surface area contributed by atoms with Crippen LogP contribution in [-0.4, -0.2) is 30.0 Å². The van der Waals surface area contributed by atoms with Crippen molar-refractivity contribution in [2.75, 3.05) is 7.11 Å². The smallest absolute Gasteiger partial charge is 0.241 e. The third-order valence-electron chi connectivity index (χ3n) is 4.17. The molecule has 0 spiro atoms. The molecule has 0 radical (unpaired) electrons. The van der Waals surface area contributed by atoms with Crippen LogP contribution in [-0.2, 0) is 4.79 Å². The number of methoxy groups -OCH3 is 1. The molecule has 1 amide bonds. The van der Waals surface area contributed by atoms with E-state index in [1.54, 1.807) is 7.11 Å². The van der Waals surface area contributed by atoms with Crippen molar-refractivity contribution in [3.63, 3.8) is 0 Å². The molecule has 108 valence electrons. The highest BCUT2D eigenvalue weighted by molar-refractivity contribution is 5.85. The van der Waals surface area contributed by atoms with E-state index in [2.05, 4.69) is 19.2 Å². The largest absolute Gasteiger partial charge is 0.497 e. The summed E-state index contributed by atoms with van der Waals surface area (Å²) in [6.45, 7) is 4.19. The number of carbonyl (C=O) groups is 1. The number of nitrogens with one attached hydrogen (secondary N) is 1. The number of hydrogen-bond donors (Lipinski definition) is 1. The van der Waals surface area contributed by atoms with E-state index in [1.807, 2.05) is 29.2 Å². The summed E-state index contributed by atoms with van der Waals surface area (Å²) < 4.78 is 5.20. The minimum absolute atomic E-state index is 0.00769. The van der Waals surface area contributed by atoms with Crippen molar-refractivity contribution in [3.8, 4) is 5.75 Å². The highest BCUT2D eigenvalue weighted by Crippen LogP contribution is 2.38. The lowest BCUT2D eigenvalue weighted by Gasteiger charge is -2.24. The molecule has 1 N–H and O–H groups in total. The summed E-state index contributed by atoms with van der Waals surface area (Å²) in [5.41, 5.74) is 1.13. The summed E-state index contributed by atoms with van der Waals surface area (Å²) >= 11 is 0. The van der Waals surface area contributed by atoms with Gasteiger partial charge in [0, 0.05) is 6.04 Å². The molecule has 4 nitrogen and oxygen atoms in total. The molecule has 2 atom stereocenters. The summed E-state index contributed by atoms with van der Waals surface area (Å²) in [7, 11) is 1.66. The maximum Gasteiger partial charge on any atom is 0.241 e. The zero-order chi connectivity index (χ0) is 14.3. The van der Waals surface area contributed by atoms with Crippen molar-refractivity contribution in [2.24, 2.45) is 5.92 Å². The third kappa shape index (κ3) is 2.29. The van der Waals surface area contributed by atoms with E-state index in [1.165, 1.54) is 0 Å². The summed E-state index contributed by atoms with van der Waals surface area (Å²) in [6, 6.07) is 8.35. The Labute approximate surface area is 120 Å². The molecule has 20 heavy (non-hydrogen) atoms. The molecule has 2 unspecified atom stereocenters. The fourth-order valence-corrected chi connectivity index (χ4v) is 2.87. The lowest BCUT2D eigenvalue weighted by Crippen LogP contribution is -2.35. The number of benzene rings is 1. The van der Waals surface area contributed by atoms with E-state index in [4.69, 9.17) is 4.74 Å². The van der Waals surface area contributed by atoms with Gasteiger partial charge >= 0.3 is 0 Å². The van der Waals surface area contributed by atoms with Gasteiger partial charge in [-0.3, -0.25) is 10.1 Å². The number of ether oxygens (including phenoxy) is 1. The highest BCUT2D eigenvalue weighted by Gasteiger charge is 2.47. The van der Waals surface area contributed by atoms with Gasteiger partial charge in [-0.05, 0) is 36.5 Å². The van der Waals surface area contributed by atoms with Crippen LogP contribution in [0.3, 0.4) is 0 Å². The number of hydrogen-bond acceptors (Lipinski definition) is 3. The minimum Gasteiger partial charge on any atom is -0.497 e. The van der Waals surface area contributed by atoms with E-state index < -0.39 is 0 Å². The van der Waals surface area contributed by atoms with Gasteiger partial charge in [-0.25, -0.2) is 0 Å². The molecule has 1 saturated carbocycles. The molecule has 0 bridgehead atoms. The zero-order valence-electron chi connectivity index (χ0n) is 12.3. The van der Waals surface area contributed by atoms with E-state index in [0.717, 1.165) is 24.2 Å². The van der Waals surface area contributed by atoms with Crippen LogP contribution in [0, 0.1) is 5.92 Å². The lowest BCUT2D eigenvalue weighted by atomic mass is 10.1. The Bertz CT molecular complexity index is 494. The van der Waals surface area contributed by atoms with Gasteiger partial charge in [0.2, 0.25) is 5.91 Å². The molecule has 2 aliphatic rings. The van der Waals surface area contributed by atoms with Crippen LogP contribution >= 0.6 is 0 Å². The second-order valence-corrected chi connectivity index (χ2v) is 6.04. The maximum absolute atomic E-state index is 12.6. The van der Waals surface area contributed by atoms with Gasteiger partial charge < -0.3 is 9.64 Å². The predicted octanol–water partition coefficient (Wildman–Crippen LogP) is 2.31. The molecule has 1 aliphatic carbocycles. The van der Waals surface area contributed by atoms with Gasteiger partial charge in [-0.2, -0.15) is 0 Å². The highest BCUT2D eigenvalue weighted by atomic mass is 16.5. The molecular formula is C16H22N2O2. The first-order valence-corrected chi connectivity index (χ1v) is 7.34. The lowest BCUT2D eigenvalue weighted by molar-refractivity contribution is -0.131. The second kappa shape index (κ2) is 5.09. The first-order valence-electron chi connectivity index (χ1n) is 7.34. The van der Waals surface area contributed by atoms with E-state index in [-0.39, 0.29) is 18.1 Å². The number of amides is 1. The van der Waals surface area contributed by atoms with Crippen LogP contribution in [0.15, 0.2) is 24.3 Å². The van der Waals surface area contributed by atoms with Gasteiger partial charge in [0.15, 0.2) is 0 Å². The van der Waals surface area contributed by atoms with Crippen molar-refractivity contribution in [3.05, 3.63) is 29.8 Å². The van der Waals surface area contributed by atoms with E-state index >= 15 is 0 Å². The average Bonchev–Trinajstić information content (AvgIpc) is 3.22. The molecule has 4 heteroatoms. The fraction of sp³-hybridized carbons (Fsp3) is 0.562. The Kier molecular flexibility index (Phi) is 3.42. The first-order chi connectivity index (χ1) is 9.61. The standard InChI is InChI=1S/C16H22N2O2/c1-10(2)14-16(19)18(12-6-7-12)15(17-14)11-4-8-13(20-3)9-5-11/h4-5,8-10,12,14-15,17H,6-7H2,1-3H3. The van der Waals surface area contributed by atoms with Crippen molar-refractivity contribution < 1.29 is 9.53 Å². The van der Waals surface area contributed by atoms with Crippen LogP contribution in [0.1, 0.15) is 38.4 Å². The maximum atomic E-state index is 12.6. The molecule has 0 aromatic heterocycles. The van der Waals surface area contributed by atoms with Crippen molar-refractivity contribution >= 4 is 5.91 Å². The second-order valence-electron chi connectivity index (χ2n) is 6.04. The van der Waals surface area contributed by atoms with E-state index in [9.17, 15) is 4.79 Å². The SMILES string of the molecule is COc1ccc(C2NC(C(C)C)C(=O)N2C2CC2)cc1. The van der Waals surface area contributed by atoms with Crippen molar-refractivity contribution in [1.82, 2.24) is 10.2 Å². The van der Waals surface area contributed by atoms with Crippen LogP contribution in [0.4, 0.5) is 0 Å². The van der Waals surface area contributed by atoms with Crippen molar-refractivity contribution in [1.29, 1.82) is 0 Å². The third-order valence-corrected chi connectivity index (χ3v) is 4.17. The molecular weight excluding hydrogens is 252 g/mol. The molecule has 1 saturated heterocycles. The Morgan fingerprint density at radius 1 is 1.25 bits per heavy atom. The van der Waals surface area contributed by atoms with Crippen LogP contribution in [0.2, 0.25) is 0 Å². The van der Waals surface area contributed by atoms with Gasteiger partial charge in [-0.15, -0.1) is 0 Å². The predicted molar refractivity (Wildman–Crippen MR) is 77.4 cm³/mol. The zero-order valence-corrected chi connectivity index (χ0v) is 12.3. The summed E-state index contributed by atoms with van der Waals surface area (Å²) in [6.07, 6.45) is 2.27. The molecule has 1 aliphatic heterocycles. The molecule has 1 aromatic rings. The Balaban J connectivity index is 1.87. The Morgan fingerprint density at radius 2 is 1.90 bits per heavy atom. The minimum atomic E-state index is -0.0669. The summed E-state index contributed by atoms with van der Waals surface area (Å²) in [4.78, 5) is 14.6. The Morgan fingerprint density at radius 3 is 2.40 bits per heavy atom. The average molecular weight is 274 g/mol. The monoisotopic (exact) mass is 274 g/mol. The fourth-order valence-electron chi connectivity index (χ4n) is 2.87. The van der Waals surface area contributed by atoms with E-state index in [0.29, 0.717) is 12.0 Å². The number of carbonyl (C=O) groups excluding carboxylic acids is 1. The van der Waals surface area contributed by atoms with Crippen LogP contribution in [0.5, 0.6) is 5.75 Å². The number of rotatable bonds is 4. The van der Waals surface area contributed by atoms with Crippen LogP contribution < -0.4 is 10.1 Å².